The molecule has 0 saturated heterocycles. The van der Waals surface area contributed by atoms with Crippen LogP contribution in [-0.2, 0) is 12.8 Å². The maximum Gasteiger partial charge on any atom is 0.420 e. The third-order valence-electron chi connectivity index (χ3n) is 2.26. The van der Waals surface area contributed by atoms with Gasteiger partial charge in [-0.3, -0.25) is 0 Å². The van der Waals surface area contributed by atoms with Crippen LogP contribution in [-0.4, -0.2) is 10.1 Å². The van der Waals surface area contributed by atoms with Crippen molar-refractivity contribution < 1.29 is 18.3 Å². The normalized spacial score (nSPS) is 12.0. The molecule has 1 aromatic carbocycles. The van der Waals surface area contributed by atoms with Crippen LogP contribution in [0.3, 0.4) is 0 Å². The summed E-state index contributed by atoms with van der Waals surface area (Å²) < 4.78 is 36.1. The minimum Gasteiger partial charge on any atom is -0.390 e. The van der Waals surface area contributed by atoms with Gasteiger partial charge in [-0.05, 0) is 12.1 Å². The molecule has 3 heterocycles. The number of thiazole rings is 1. The van der Waals surface area contributed by atoms with Gasteiger partial charge in [0.15, 0.2) is 0 Å². The molecule has 0 fully saturated rings. The minimum absolute atomic E-state index is 0.0590. The molecule has 1 aromatic heterocycles. The molecule has 2 aliphatic rings. The van der Waals surface area contributed by atoms with Gasteiger partial charge in [-0.15, -0.1) is 11.3 Å². The lowest BCUT2D eigenvalue weighted by Crippen LogP contribution is -2.18. The molecule has 0 radical (unpaired) electrons. The molecule has 2 aromatic rings. The molecule has 0 amide bonds. The van der Waals surface area contributed by atoms with E-state index in [9.17, 15) is 13.2 Å². The average Bonchev–Trinajstić information content (AvgIpc) is 2.81. The summed E-state index contributed by atoms with van der Waals surface area (Å²) in [7, 11) is 0. The van der Waals surface area contributed by atoms with Gasteiger partial charge >= 0.3 is 6.18 Å². The summed E-state index contributed by atoms with van der Waals surface area (Å²) >= 11 is 1.49. The van der Waals surface area contributed by atoms with Gasteiger partial charge in [0.25, 0.3) is 0 Å². The Hall–Kier alpha value is -1.60. The maximum atomic E-state index is 12.0. The van der Waals surface area contributed by atoms with Crippen molar-refractivity contribution in [2.75, 3.05) is 5.32 Å². The highest BCUT2D eigenvalue weighted by atomic mass is 32.1. The number of aromatic nitrogens is 1. The van der Waals surface area contributed by atoms with Gasteiger partial charge in [-0.1, -0.05) is 6.07 Å². The molecule has 3 nitrogen and oxygen atoms in total. The zero-order chi connectivity index (χ0) is 13.2. The Morgan fingerprint density at radius 3 is 2.22 bits per heavy atom. The Labute approximate surface area is 105 Å². The van der Waals surface area contributed by atoms with E-state index < -0.39 is 11.7 Å². The molecule has 0 saturated carbocycles. The van der Waals surface area contributed by atoms with Gasteiger partial charge in [0.05, 0.1) is 29.2 Å². The lowest BCUT2D eigenvalue weighted by Gasteiger charge is -2.26. The highest BCUT2D eigenvalue weighted by molar-refractivity contribution is 7.07. The van der Waals surface area contributed by atoms with Crippen molar-refractivity contribution in [3.63, 3.8) is 0 Å². The number of rotatable bonds is 1. The van der Waals surface area contributed by atoms with Crippen LogP contribution in [0.25, 0.3) is 0 Å². The van der Waals surface area contributed by atoms with Gasteiger partial charge in [0, 0.05) is 5.38 Å². The lowest BCUT2D eigenvalue weighted by molar-refractivity contribution is -0.137. The summed E-state index contributed by atoms with van der Waals surface area (Å²) in [6.07, 6.45) is -4.21. The van der Waals surface area contributed by atoms with E-state index in [2.05, 4.69) is 10.3 Å². The van der Waals surface area contributed by atoms with Gasteiger partial charge in [0.2, 0.25) is 0 Å². The number of halogens is 3. The second kappa shape index (κ2) is 4.95. The van der Waals surface area contributed by atoms with Crippen molar-refractivity contribution in [1.82, 2.24) is 4.98 Å². The molecule has 0 atom stereocenters. The quantitative estimate of drug-likeness (QED) is 0.715. The Bertz CT molecular complexity index is 505. The van der Waals surface area contributed by atoms with Crippen LogP contribution in [0.4, 0.5) is 24.5 Å². The molecular weight excluding hydrogens is 265 g/mol. The molecule has 0 unspecified atom stereocenters. The van der Waals surface area contributed by atoms with E-state index in [1.807, 2.05) is 5.38 Å². The van der Waals surface area contributed by atoms with Crippen LogP contribution in [0.5, 0.6) is 0 Å². The van der Waals surface area contributed by atoms with Crippen LogP contribution in [0.2, 0.25) is 0 Å². The topological polar surface area (TPSA) is 45.1 Å². The van der Waals surface area contributed by atoms with E-state index in [1.165, 1.54) is 23.5 Å². The highest BCUT2D eigenvalue weighted by Crippen LogP contribution is 2.47. The monoisotopic (exact) mass is 274 g/mol. The number of nitrogens with one attached hydrogen (secondary N) is 1. The molecule has 2 bridgehead atoms. The SMILES string of the molecule is FC(F)(F)c1c2cccc1N2.OCc1cscn1. The summed E-state index contributed by atoms with van der Waals surface area (Å²) in [6.45, 7) is 0.0590. The fourth-order valence-corrected chi connectivity index (χ4v) is 2.01. The molecule has 2 aliphatic heterocycles. The van der Waals surface area contributed by atoms with Gasteiger partial charge < -0.3 is 10.4 Å². The molecule has 7 heteroatoms. The first-order valence-corrected chi connectivity index (χ1v) is 5.92. The standard InChI is InChI=1S/C7H4F3N.C4H5NOS/c8-7(9,10)6-4-2-1-3-5(6)11-4;6-1-4-2-7-3-5-4/h1-3,11H;2-3,6H,1H2. The van der Waals surface area contributed by atoms with Crippen molar-refractivity contribution in [2.45, 2.75) is 12.8 Å². The van der Waals surface area contributed by atoms with Crippen LogP contribution in [0.1, 0.15) is 11.3 Å². The van der Waals surface area contributed by atoms with Crippen LogP contribution in [0.15, 0.2) is 29.1 Å². The van der Waals surface area contributed by atoms with Crippen molar-refractivity contribution in [3.05, 3.63) is 40.3 Å². The summed E-state index contributed by atoms with van der Waals surface area (Å²) in [5.41, 5.74) is 2.28. The molecule has 96 valence electrons. The van der Waals surface area contributed by atoms with Crippen LogP contribution < -0.4 is 5.32 Å². The number of aliphatic hydroxyl groups is 1. The van der Waals surface area contributed by atoms with Gasteiger partial charge in [-0.2, -0.15) is 13.2 Å². The largest absolute Gasteiger partial charge is 0.420 e. The molecule has 0 aliphatic carbocycles. The third kappa shape index (κ3) is 2.62. The molecule has 2 N–H and O–H groups in total. The van der Waals surface area contributed by atoms with Crippen molar-refractivity contribution in [2.24, 2.45) is 0 Å². The second-order valence-corrected chi connectivity index (χ2v) is 4.21. The number of aliphatic hydroxyl groups excluding tert-OH is 1. The number of hydrogen-bond acceptors (Lipinski definition) is 4. The molecule has 4 rings (SSSR count). The summed E-state index contributed by atoms with van der Waals surface area (Å²) in [5, 5.41) is 12.8. The zero-order valence-electron chi connectivity index (χ0n) is 9.03. The Balaban J connectivity index is 0.000000149. The fraction of sp³-hybridized carbons (Fsp3) is 0.182. The van der Waals surface area contributed by atoms with Crippen molar-refractivity contribution >= 4 is 22.7 Å². The zero-order valence-corrected chi connectivity index (χ0v) is 9.85. The first kappa shape index (κ1) is 12.8. The van der Waals surface area contributed by atoms with Crippen molar-refractivity contribution in [3.8, 4) is 0 Å². The first-order chi connectivity index (χ1) is 8.52. The lowest BCUT2D eigenvalue weighted by atomic mass is 10.0. The highest BCUT2D eigenvalue weighted by Gasteiger charge is 2.40. The fourth-order valence-electron chi connectivity index (χ4n) is 1.46. The molecular formula is C11H9F3N2OS. The molecule has 0 spiro atoms. The van der Waals surface area contributed by atoms with E-state index in [0.29, 0.717) is 0 Å². The second-order valence-electron chi connectivity index (χ2n) is 3.49. The minimum atomic E-state index is -4.21. The number of nitrogens with zero attached hydrogens (tertiary/aromatic N) is 1. The van der Waals surface area contributed by atoms with E-state index >= 15 is 0 Å². The van der Waals surface area contributed by atoms with Crippen LogP contribution >= 0.6 is 11.3 Å². The average molecular weight is 274 g/mol. The van der Waals surface area contributed by atoms with E-state index in [0.717, 1.165) is 5.69 Å². The first-order valence-electron chi connectivity index (χ1n) is 4.97. The number of benzene rings is 1. The van der Waals surface area contributed by atoms with Crippen LogP contribution in [0, 0.1) is 0 Å². The maximum absolute atomic E-state index is 12.0. The van der Waals surface area contributed by atoms with E-state index in [1.54, 1.807) is 11.6 Å². The Morgan fingerprint density at radius 1 is 1.28 bits per heavy atom. The Kier molecular flexibility index (Phi) is 3.53. The number of hydrogen-bond donors (Lipinski definition) is 2. The van der Waals surface area contributed by atoms with E-state index in [-0.39, 0.29) is 18.0 Å². The predicted molar refractivity (Wildman–Crippen MR) is 62.8 cm³/mol. The smallest absolute Gasteiger partial charge is 0.390 e. The summed E-state index contributed by atoms with van der Waals surface area (Å²) in [6, 6.07) is 4.42. The number of alkyl halides is 3. The van der Waals surface area contributed by atoms with Gasteiger partial charge in [0.1, 0.15) is 5.56 Å². The van der Waals surface area contributed by atoms with Gasteiger partial charge in [-0.25, -0.2) is 4.98 Å². The predicted octanol–water partition coefficient (Wildman–Crippen LogP) is 3.40. The molecule has 18 heavy (non-hydrogen) atoms. The summed E-state index contributed by atoms with van der Waals surface area (Å²) in [4.78, 5) is 3.80. The number of fused-ring (bicyclic) bond motifs is 2. The Morgan fingerprint density at radius 2 is 1.94 bits per heavy atom. The number of anilines is 2. The summed E-state index contributed by atoms with van der Waals surface area (Å²) in [5.74, 6) is 0. The third-order valence-corrected chi connectivity index (χ3v) is 2.90. The van der Waals surface area contributed by atoms with Crippen molar-refractivity contribution in [1.29, 1.82) is 0 Å². The van der Waals surface area contributed by atoms with E-state index in [4.69, 9.17) is 5.11 Å².